The molecule has 0 spiro atoms. The lowest BCUT2D eigenvalue weighted by molar-refractivity contribution is -0.141. The quantitative estimate of drug-likeness (QED) is 0.594. The second-order valence-corrected chi connectivity index (χ2v) is 8.17. The summed E-state index contributed by atoms with van der Waals surface area (Å²) in [5, 5.41) is 8.73. The van der Waals surface area contributed by atoms with Crippen LogP contribution in [0.25, 0.3) is 16.9 Å². The Morgan fingerprint density at radius 2 is 1.68 bits per heavy atom. The first-order chi connectivity index (χ1) is 14.4. The molecule has 0 atom stereocenters. The normalized spacial score (nSPS) is 12.1. The van der Waals surface area contributed by atoms with Crippen molar-refractivity contribution in [2.24, 2.45) is 5.14 Å². The monoisotopic (exact) mass is 453 g/mol. The number of benzene rings is 2. The fourth-order valence-electron chi connectivity index (χ4n) is 2.96. The minimum atomic E-state index is -4.94. The van der Waals surface area contributed by atoms with Gasteiger partial charge in [-0.05, 0) is 38.1 Å². The van der Waals surface area contributed by atoms with E-state index in [1.54, 1.807) is 31.2 Å². The summed E-state index contributed by atoms with van der Waals surface area (Å²) in [6.45, 7) is 3.16. The van der Waals surface area contributed by atoms with E-state index in [0.717, 1.165) is 22.4 Å². The van der Waals surface area contributed by atoms with Gasteiger partial charge in [0.05, 0.1) is 22.9 Å². The van der Waals surface area contributed by atoms with Crippen molar-refractivity contribution in [3.8, 4) is 16.9 Å². The minimum absolute atomic E-state index is 0.101. The largest absolute Gasteiger partial charge is 0.462 e. The first kappa shape index (κ1) is 22.5. The lowest BCUT2D eigenvalue weighted by atomic mass is 10.0. The molecule has 1 heterocycles. The summed E-state index contributed by atoms with van der Waals surface area (Å²) >= 11 is 0. The van der Waals surface area contributed by atoms with Crippen LogP contribution in [0, 0.1) is 6.92 Å². The van der Waals surface area contributed by atoms with Gasteiger partial charge in [-0.1, -0.05) is 29.8 Å². The van der Waals surface area contributed by atoms with Crippen LogP contribution in [0.15, 0.2) is 53.4 Å². The molecule has 0 aliphatic heterocycles. The third-order valence-corrected chi connectivity index (χ3v) is 5.30. The van der Waals surface area contributed by atoms with Crippen molar-refractivity contribution < 1.29 is 31.1 Å². The van der Waals surface area contributed by atoms with Gasteiger partial charge in [0, 0.05) is 5.56 Å². The molecule has 0 saturated carbocycles. The molecule has 11 heteroatoms. The number of sulfonamides is 1. The van der Waals surface area contributed by atoms with Crippen molar-refractivity contribution in [2.75, 3.05) is 6.61 Å². The van der Waals surface area contributed by atoms with E-state index in [1.165, 1.54) is 19.1 Å². The maximum absolute atomic E-state index is 13.8. The Morgan fingerprint density at radius 1 is 1.10 bits per heavy atom. The average molecular weight is 453 g/mol. The van der Waals surface area contributed by atoms with Crippen LogP contribution in [-0.2, 0) is 20.9 Å². The van der Waals surface area contributed by atoms with Crippen LogP contribution in [0.4, 0.5) is 13.2 Å². The Hall–Kier alpha value is -3.18. The van der Waals surface area contributed by atoms with E-state index < -0.39 is 33.4 Å². The predicted octanol–water partition coefficient (Wildman–Crippen LogP) is 3.69. The number of ether oxygens (including phenoxy) is 1. The molecule has 0 aliphatic carbocycles. The zero-order valence-corrected chi connectivity index (χ0v) is 17.3. The number of hydrogen-bond acceptors (Lipinski definition) is 5. The van der Waals surface area contributed by atoms with Gasteiger partial charge in [0.2, 0.25) is 10.0 Å². The molecule has 0 bridgehead atoms. The second kappa shape index (κ2) is 8.16. The van der Waals surface area contributed by atoms with Crippen molar-refractivity contribution in [1.82, 2.24) is 9.78 Å². The summed E-state index contributed by atoms with van der Waals surface area (Å²) in [7, 11) is -4.00. The molecule has 0 radical (unpaired) electrons. The zero-order chi connectivity index (χ0) is 23.0. The third kappa shape index (κ3) is 4.62. The van der Waals surface area contributed by atoms with E-state index in [4.69, 9.17) is 9.88 Å². The minimum Gasteiger partial charge on any atom is -0.462 e. The average Bonchev–Trinajstić information content (AvgIpc) is 3.09. The van der Waals surface area contributed by atoms with E-state index in [1.807, 2.05) is 0 Å². The van der Waals surface area contributed by atoms with Crippen molar-refractivity contribution in [2.45, 2.75) is 24.9 Å². The number of primary sulfonamides is 1. The SMILES string of the molecule is CCOC(=O)c1c(C(F)(F)F)nn(-c2ccc(S(N)(=O)=O)cc2)c1-c1ccc(C)cc1. The number of carbonyl (C=O) groups is 1. The highest BCUT2D eigenvalue weighted by molar-refractivity contribution is 7.89. The van der Waals surface area contributed by atoms with Crippen LogP contribution in [0.3, 0.4) is 0 Å². The number of rotatable bonds is 5. The molecule has 31 heavy (non-hydrogen) atoms. The van der Waals surface area contributed by atoms with E-state index in [-0.39, 0.29) is 22.9 Å². The number of halogens is 3. The number of carbonyl (C=O) groups excluding carboxylic acids is 1. The molecule has 7 nitrogen and oxygen atoms in total. The highest BCUT2D eigenvalue weighted by Crippen LogP contribution is 2.38. The Morgan fingerprint density at radius 3 is 2.16 bits per heavy atom. The molecule has 2 aromatic carbocycles. The molecular weight excluding hydrogens is 435 g/mol. The van der Waals surface area contributed by atoms with Crippen molar-refractivity contribution in [3.05, 3.63) is 65.4 Å². The molecule has 0 unspecified atom stereocenters. The summed E-state index contributed by atoms with van der Waals surface area (Å²) in [6.07, 6.45) is -4.94. The number of nitrogens with two attached hydrogens (primary N) is 1. The van der Waals surface area contributed by atoms with E-state index in [2.05, 4.69) is 5.10 Å². The van der Waals surface area contributed by atoms with Crippen LogP contribution >= 0.6 is 0 Å². The number of esters is 1. The Bertz CT molecular complexity index is 1220. The molecule has 164 valence electrons. The van der Waals surface area contributed by atoms with Gasteiger partial charge in [-0.3, -0.25) is 0 Å². The summed E-state index contributed by atoms with van der Waals surface area (Å²) in [5.41, 5.74) is -1.00. The van der Waals surface area contributed by atoms with Gasteiger partial charge >= 0.3 is 12.1 Å². The van der Waals surface area contributed by atoms with Gasteiger partial charge in [0.1, 0.15) is 5.56 Å². The van der Waals surface area contributed by atoms with Crippen molar-refractivity contribution in [3.63, 3.8) is 0 Å². The van der Waals surface area contributed by atoms with Crippen molar-refractivity contribution >= 4 is 16.0 Å². The number of alkyl halides is 3. The van der Waals surface area contributed by atoms with Crippen LogP contribution in [0.1, 0.15) is 28.5 Å². The Kier molecular flexibility index (Phi) is 5.92. The molecule has 0 aliphatic rings. The number of aromatic nitrogens is 2. The molecule has 0 amide bonds. The number of nitrogens with zero attached hydrogens (tertiary/aromatic N) is 2. The fourth-order valence-corrected chi connectivity index (χ4v) is 3.47. The number of aryl methyl sites for hydroxylation is 1. The third-order valence-electron chi connectivity index (χ3n) is 4.37. The lowest BCUT2D eigenvalue weighted by Crippen LogP contribution is -2.15. The van der Waals surface area contributed by atoms with Gasteiger partial charge in [0.25, 0.3) is 0 Å². The predicted molar refractivity (Wildman–Crippen MR) is 106 cm³/mol. The summed E-state index contributed by atoms with van der Waals surface area (Å²) in [5.74, 6) is -1.17. The zero-order valence-electron chi connectivity index (χ0n) is 16.5. The highest BCUT2D eigenvalue weighted by atomic mass is 32.2. The lowest BCUT2D eigenvalue weighted by Gasteiger charge is -2.11. The van der Waals surface area contributed by atoms with E-state index >= 15 is 0 Å². The van der Waals surface area contributed by atoms with Gasteiger partial charge in [-0.25, -0.2) is 23.0 Å². The maximum Gasteiger partial charge on any atom is 0.436 e. The van der Waals surface area contributed by atoms with Crippen molar-refractivity contribution in [1.29, 1.82) is 0 Å². The number of hydrogen-bond donors (Lipinski definition) is 1. The Balaban J connectivity index is 2.34. The topological polar surface area (TPSA) is 104 Å². The summed E-state index contributed by atoms with van der Waals surface area (Å²) < 4.78 is 70.1. The second-order valence-electron chi connectivity index (χ2n) is 6.61. The van der Waals surface area contributed by atoms with Gasteiger partial charge in [-0.15, -0.1) is 0 Å². The van der Waals surface area contributed by atoms with Gasteiger partial charge in [-0.2, -0.15) is 18.3 Å². The standard InChI is InChI=1S/C20H18F3N3O4S/c1-3-30-19(27)16-17(13-6-4-12(2)5-7-13)26(25-18(16)20(21,22)23)14-8-10-15(11-9-14)31(24,28)29/h4-11H,3H2,1-2H3,(H2,24,28,29). The fraction of sp³-hybridized carbons (Fsp3) is 0.200. The molecule has 3 rings (SSSR count). The van der Waals surface area contributed by atoms with E-state index in [0.29, 0.717) is 5.56 Å². The van der Waals surface area contributed by atoms with Crippen LogP contribution < -0.4 is 5.14 Å². The summed E-state index contributed by atoms with van der Waals surface area (Å²) in [6, 6.07) is 11.3. The van der Waals surface area contributed by atoms with Gasteiger partial charge < -0.3 is 4.74 Å². The first-order valence-electron chi connectivity index (χ1n) is 9.01. The Labute approximate surface area is 176 Å². The van der Waals surface area contributed by atoms with Crippen LogP contribution in [0.2, 0.25) is 0 Å². The van der Waals surface area contributed by atoms with Crippen LogP contribution in [-0.4, -0.2) is 30.8 Å². The molecule has 0 fully saturated rings. The molecule has 1 aromatic heterocycles. The molecule has 3 aromatic rings. The highest BCUT2D eigenvalue weighted by Gasteiger charge is 2.42. The maximum atomic E-state index is 13.8. The van der Waals surface area contributed by atoms with E-state index in [9.17, 15) is 26.4 Å². The smallest absolute Gasteiger partial charge is 0.436 e. The molecular formula is C20H18F3N3O4S. The molecule has 0 saturated heterocycles. The first-order valence-corrected chi connectivity index (χ1v) is 10.6. The summed E-state index contributed by atoms with van der Waals surface area (Å²) in [4.78, 5) is 12.3. The van der Waals surface area contributed by atoms with Crippen LogP contribution in [0.5, 0.6) is 0 Å². The molecule has 2 N–H and O–H groups in total. The van der Waals surface area contributed by atoms with Gasteiger partial charge in [0.15, 0.2) is 5.69 Å².